The minimum absolute atomic E-state index is 0.229. The first-order valence-corrected chi connectivity index (χ1v) is 47.3. The Kier molecular flexibility index (Phi) is 69.6. The van der Waals surface area contributed by atoms with Crippen LogP contribution < -0.4 is 5.32 Å². The SMILES string of the molecule is CC/C=C\C/C=C\C/C=C\C/C=C\C/C=C\C/C=C\C/C=C\CCCCCCCCCCCCCCCCCCCCCC(=O)NC(COC1OC(CO)C(OC2OC(CO)C(OC3OC(CO)C(O)C(O)C3O)C(O)C2O)C(O)C1O)C(O)/C=C/CC/C=C/CC/C=C/CCCCCCCCCCCCCCCCCCCCCCC. The molecule has 3 heterocycles. The zero-order chi connectivity index (χ0) is 84.5. The zero-order valence-electron chi connectivity index (χ0n) is 73.2. The predicted octanol–water partition coefficient (Wildman–Crippen LogP) is 19.0. The van der Waals surface area contributed by atoms with Gasteiger partial charge in [-0.3, -0.25) is 4.79 Å². The third-order valence-corrected chi connectivity index (χ3v) is 22.7. The second-order valence-electron chi connectivity index (χ2n) is 33.1. The average Bonchev–Trinajstić information content (AvgIpc) is 0.778. The highest BCUT2D eigenvalue weighted by Crippen LogP contribution is 2.34. The lowest BCUT2D eigenvalue weighted by Crippen LogP contribution is -2.66. The maximum atomic E-state index is 13.5. The smallest absolute Gasteiger partial charge is 0.220 e. The van der Waals surface area contributed by atoms with Crippen LogP contribution in [0.2, 0.25) is 0 Å². The van der Waals surface area contributed by atoms with Crippen LogP contribution in [0.25, 0.3) is 0 Å². The minimum atomic E-state index is -1.99. The van der Waals surface area contributed by atoms with Crippen molar-refractivity contribution < 1.29 is 89.4 Å². The van der Waals surface area contributed by atoms with E-state index in [0.29, 0.717) is 12.8 Å². The van der Waals surface area contributed by atoms with E-state index in [4.69, 9.17) is 28.4 Å². The van der Waals surface area contributed by atoms with Crippen molar-refractivity contribution in [1.29, 1.82) is 0 Å². The molecular formula is C98H171NO18. The van der Waals surface area contributed by atoms with E-state index in [1.807, 2.05) is 6.08 Å². The van der Waals surface area contributed by atoms with Crippen LogP contribution in [-0.4, -0.2) is 193 Å². The molecule has 12 N–H and O–H groups in total. The average molecular weight is 1650 g/mol. The normalized spacial score (nSPS) is 24.9. The molecule has 0 aromatic carbocycles. The topological polar surface area (TPSA) is 307 Å². The van der Waals surface area contributed by atoms with Crippen LogP contribution in [0.1, 0.15) is 361 Å². The van der Waals surface area contributed by atoms with E-state index < -0.39 is 124 Å². The van der Waals surface area contributed by atoms with E-state index in [1.165, 1.54) is 238 Å². The summed E-state index contributed by atoms with van der Waals surface area (Å²) in [6.07, 6.45) is 82.2. The molecule has 0 saturated carbocycles. The quantitative estimate of drug-likeness (QED) is 0.0199. The number of carbonyl (C=O) groups excluding carboxylic acids is 1. The molecule has 117 heavy (non-hydrogen) atoms. The number of ether oxygens (including phenoxy) is 6. The highest BCUT2D eigenvalue weighted by Gasteiger charge is 2.54. The fraction of sp³-hybridized carbons (Fsp3) is 0.786. The Bertz CT molecular complexity index is 2590. The number of rotatable bonds is 76. The van der Waals surface area contributed by atoms with Gasteiger partial charge in [-0.15, -0.1) is 0 Å². The largest absolute Gasteiger partial charge is 0.394 e. The predicted molar refractivity (Wildman–Crippen MR) is 475 cm³/mol. The van der Waals surface area contributed by atoms with Crippen LogP contribution in [-0.2, 0) is 33.2 Å². The van der Waals surface area contributed by atoms with E-state index >= 15 is 0 Å². The summed E-state index contributed by atoms with van der Waals surface area (Å²) in [7, 11) is 0. The molecule has 0 aromatic heterocycles. The van der Waals surface area contributed by atoms with Crippen molar-refractivity contribution in [2.75, 3.05) is 26.4 Å². The summed E-state index contributed by atoms with van der Waals surface area (Å²) < 4.78 is 34.5. The molecule has 0 aliphatic carbocycles. The Labute approximate surface area is 709 Å². The van der Waals surface area contributed by atoms with Crippen molar-refractivity contribution in [3.8, 4) is 0 Å². The van der Waals surface area contributed by atoms with Crippen molar-refractivity contribution in [3.63, 3.8) is 0 Å². The molecule has 676 valence electrons. The van der Waals surface area contributed by atoms with Gasteiger partial charge < -0.3 is 89.9 Å². The number of aliphatic hydroxyl groups excluding tert-OH is 11. The van der Waals surface area contributed by atoms with E-state index in [-0.39, 0.29) is 18.9 Å². The summed E-state index contributed by atoms with van der Waals surface area (Å²) in [5.74, 6) is -0.287. The van der Waals surface area contributed by atoms with Crippen molar-refractivity contribution in [2.45, 2.75) is 465 Å². The standard InChI is InChI=1S/C98H171NO18/c1-3-5-7-9-11-13-15-17-19-21-23-25-27-29-31-33-35-36-37-38-39-40-41-42-43-44-46-48-50-52-54-56-58-60-62-64-66-68-70-72-74-76-86(104)99-81(82(103)75-73-71-69-67-65-63-61-59-57-55-53-51-49-47-45-34-32-30-28-26-24-22-20-18-16-14-12-10-8-6-4-2)80-112-96-92(110)89(107)94(84(78-101)114-96)117-98-93(111)90(108)95(85(79-102)115-98)116-97-91(109)88(106)87(105)83(77-100)113-97/h5,7,11,13,17,19,23,25,29,31,35-36,38-39,57,59,65,67,73,75,81-85,87-98,100-103,105-111H,3-4,6,8-10,12,14-16,18,20-22,24,26-28,30,32-34,37,40-56,58,60-64,66,68-72,74,76-80H2,1-2H3,(H,99,104)/b7-5-,13-11-,19-17-,25-23-,31-29-,36-35-,39-38-,59-57+,67-65+,75-73+. The molecule has 0 aromatic rings. The number of aliphatic hydroxyl groups is 11. The van der Waals surface area contributed by atoms with Gasteiger partial charge in [-0.25, -0.2) is 0 Å². The molecule has 19 heteroatoms. The van der Waals surface area contributed by atoms with Gasteiger partial charge in [0.1, 0.15) is 73.2 Å². The van der Waals surface area contributed by atoms with Crippen molar-refractivity contribution in [2.24, 2.45) is 0 Å². The molecule has 3 aliphatic heterocycles. The molecule has 17 unspecified atom stereocenters. The third kappa shape index (κ3) is 53.8. The summed E-state index contributed by atoms with van der Waals surface area (Å²) in [4.78, 5) is 13.5. The second-order valence-corrected chi connectivity index (χ2v) is 33.1. The molecule has 19 nitrogen and oxygen atoms in total. The maximum absolute atomic E-state index is 13.5. The molecule has 17 atom stereocenters. The van der Waals surface area contributed by atoms with E-state index in [2.05, 4.69) is 129 Å². The lowest BCUT2D eigenvalue weighted by molar-refractivity contribution is -0.379. The van der Waals surface area contributed by atoms with Crippen molar-refractivity contribution in [1.82, 2.24) is 5.32 Å². The molecule has 0 spiro atoms. The summed E-state index contributed by atoms with van der Waals surface area (Å²) in [5, 5.41) is 121. The minimum Gasteiger partial charge on any atom is -0.394 e. The summed E-state index contributed by atoms with van der Waals surface area (Å²) in [6.45, 7) is 1.64. The van der Waals surface area contributed by atoms with Crippen LogP contribution in [0, 0.1) is 0 Å². The lowest BCUT2D eigenvalue weighted by Gasteiger charge is -2.48. The maximum Gasteiger partial charge on any atom is 0.220 e. The van der Waals surface area contributed by atoms with Gasteiger partial charge in [-0.1, -0.05) is 373 Å². The second kappa shape index (κ2) is 75.9. The number of unbranched alkanes of at least 4 members (excludes halogenated alkanes) is 42. The van der Waals surface area contributed by atoms with Crippen LogP contribution in [0.3, 0.4) is 0 Å². The Morgan fingerprint density at radius 1 is 0.316 bits per heavy atom. The number of amides is 1. The molecule has 0 bridgehead atoms. The highest BCUT2D eigenvalue weighted by atomic mass is 16.8. The van der Waals surface area contributed by atoms with Crippen LogP contribution in [0.5, 0.6) is 0 Å². The Hall–Kier alpha value is -3.81. The first-order chi connectivity index (χ1) is 57.3. The molecular weight excluding hydrogens is 1480 g/mol. The van der Waals surface area contributed by atoms with Gasteiger partial charge in [0.05, 0.1) is 38.6 Å². The van der Waals surface area contributed by atoms with Crippen LogP contribution in [0.15, 0.2) is 122 Å². The first kappa shape index (κ1) is 107. The molecule has 0 radical (unpaired) electrons. The zero-order valence-corrected chi connectivity index (χ0v) is 73.2. The van der Waals surface area contributed by atoms with Gasteiger partial charge in [-0.05, 0) is 103 Å². The van der Waals surface area contributed by atoms with E-state index in [9.17, 15) is 61.0 Å². The fourth-order valence-corrected chi connectivity index (χ4v) is 15.3. The van der Waals surface area contributed by atoms with E-state index in [0.717, 1.165) is 89.9 Å². The molecule has 3 aliphatic rings. The molecule has 3 saturated heterocycles. The van der Waals surface area contributed by atoms with Gasteiger partial charge >= 0.3 is 0 Å². The monoisotopic (exact) mass is 1650 g/mol. The third-order valence-electron chi connectivity index (χ3n) is 22.7. The Morgan fingerprint density at radius 3 is 0.957 bits per heavy atom. The summed E-state index contributed by atoms with van der Waals surface area (Å²) in [5.41, 5.74) is 0. The van der Waals surface area contributed by atoms with E-state index in [1.54, 1.807) is 6.08 Å². The first-order valence-electron chi connectivity index (χ1n) is 47.3. The van der Waals surface area contributed by atoms with Gasteiger partial charge in [-0.2, -0.15) is 0 Å². The summed E-state index contributed by atoms with van der Waals surface area (Å²) >= 11 is 0. The highest BCUT2D eigenvalue weighted by molar-refractivity contribution is 5.76. The van der Waals surface area contributed by atoms with Crippen molar-refractivity contribution in [3.05, 3.63) is 122 Å². The molecule has 3 rings (SSSR count). The van der Waals surface area contributed by atoms with Crippen molar-refractivity contribution >= 4 is 5.91 Å². The number of carbonyl (C=O) groups is 1. The summed E-state index contributed by atoms with van der Waals surface area (Å²) in [6, 6.07) is -1.00. The Balaban J connectivity index is 1.32. The van der Waals surface area contributed by atoms with Crippen LogP contribution >= 0.6 is 0 Å². The molecule has 3 fully saturated rings. The number of allylic oxidation sites excluding steroid dienone is 19. The van der Waals surface area contributed by atoms with Gasteiger partial charge in [0.15, 0.2) is 18.9 Å². The van der Waals surface area contributed by atoms with Gasteiger partial charge in [0, 0.05) is 6.42 Å². The fourth-order valence-electron chi connectivity index (χ4n) is 15.3. The lowest BCUT2D eigenvalue weighted by atomic mass is 9.96. The number of hydrogen-bond acceptors (Lipinski definition) is 18. The Morgan fingerprint density at radius 2 is 0.598 bits per heavy atom. The van der Waals surface area contributed by atoms with Crippen LogP contribution in [0.4, 0.5) is 0 Å². The number of hydrogen-bond donors (Lipinski definition) is 12. The van der Waals surface area contributed by atoms with Gasteiger partial charge in [0.2, 0.25) is 5.91 Å². The molecule has 1 amide bonds. The van der Waals surface area contributed by atoms with Gasteiger partial charge in [0.25, 0.3) is 0 Å². The number of nitrogens with one attached hydrogen (secondary N) is 1.